The first-order valence-corrected chi connectivity index (χ1v) is 11.1. The second-order valence-electron chi connectivity index (χ2n) is 8.20. The van der Waals surface area contributed by atoms with Crippen LogP contribution in [0.1, 0.15) is 48.2 Å². The van der Waals surface area contributed by atoms with E-state index < -0.39 is 0 Å². The second-order valence-corrected chi connectivity index (χ2v) is 9.19. The Morgan fingerprint density at radius 1 is 1.20 bits per heavy atom. The molecular formula is C23H25N5OS. The number of aryl methyl sites for hydroxylation is 1. The van der Waals surface area contributed by atoms with E-state index in [1.54, 1.807) is 0 Å². The van der Waals surface area contributed by atoms with Gasteiger partial charge in [0.1, 0.15) is 11.6 Å². The molecule has 1 N–H and O–H groups in total. The quantitative estimate of drug-likeness (QED) is 0.486. The Morgan fingerprint density at radius 2 is 2.10 bits per heavy atom. The fraction of sp³-hybridized carbons (Fsp3) is 0.348. The third-order valence-corrected chi connectivity index (χ3v) is 6.18. The van der Waals surface area contributed by atoms with E-state index in [1.807, 2.05) is 18.3 Å². The van der Waals surface area contributed by atoms with E-state index in [0.29, 0.717) is 5.92 Å². The number of benzene rings is 1. The van der Waals surface area contributed by atoms with Crippen molar-refractivity contribution in [2.75, 3.05) is 6.54 Å². The van der Waals surface area contributed by atoms with Gasteiger partial charge in [-0.1, -0.05) is 19.9 Å². The van der Waals surface area contributed by atoms with E-state index in [1.165, 1.54) is 28.6 Å². The van der Waals surface area contributed by atoms with Crippen LogP contribution in [-0.4, -0.2) is 31.4 Å². The van der Waals surface area contributed by atoms with Crippen LogP contribution in [0.3, 0.4) is 0 Å². The SMILES string of the molecule is Cc1ccc2nc(Sc3ccc(CN4CCc5nc(C(C)C)ncc5C4)o3)[nH]c2c1. The van der Waals surface area contributed by atoms with Gasteiger partial charge in [-0.25, -0.2) is 15.0 Å². The van der Waals surface area contributed by atoms with Gasteiger partial charge in [0.2, 0.25) is 0 Å². The molecule has 30 heavy (non-hydrogen) atoms. The van der Waals surface area contributed by atoms with E-state index >= 15 is 0 Å². The van der Waals surface area contributed by atoms with Gasteiger partial charge in [0.05, 0.1) is 17.6 Å². The minimum absolute atomic E-state index is 0.364. The predicted octanol–water partition coefficient (Wildman–Crippen LogP) is 5.09. The van der Waals surface area contributed by atoms with Gasteiger partial charge in [0.15, 0.2) is 10.2 Å². The Balaban J connectivity index is 1.24. The van der Waals surface area contributed by atoms with Crippen LogP contribution in [0.5, 0.6) is 0 Å². The zero-order valence-corrected chi connectivity index (χ0v) is 18.3. The summed E-state index contributed by atoms with van der Waals surface area (Å²) in [6.45, 7) is 8.98. The van der Waals surface area contributed by atoms with Gasteiger partial charge in [0.25, 0.3) is 0 Å². The normalized spacial score (nSPS) is 14.5. The van der Waals surface area contributed by atoms with E-state index in [4.69, 9.17) is 9.40 Å². The topological polar surface area (TPSA) is 70.8 Å². The zero-order chi connectivity index (χ0) is 20.7. The van der Waals surface area contributed by atoms with Gasteiger partial charge in [-0.05, 0) is 48.5 Å². The summed E-state index contributed by atoms with van der Waals surface area (Å²) in [5.41, 5.74) is 5.67. The van der Waals surface area contributed by atoms with E-state index in [-0.39, 0.29) is 0 Å². The summed E-state index contributed by atoms with van der Waals surface area (Å²) < 4.78 is 6.08. The standard InChI is InChI=1S/C23H25N5OS/c1-14(2)22-24-11-16-12-28(9-8-18(16)25-22)13-17-5-7-21(29-17)30-23-26-19-6-4-15(3)10-20(19)27-23/h4-7,10-11,14H,8-9,12-13H2,1-3H3,(H,26,27). The minimum atomic E-state index is 0.364. The Morgan fingerprint density at radius 3 is 2.97 bits per heavy atom. The number of aromatic nitrogens is 4. The molecule has 0 bridgehead atoms. The molecule has 0 fully saturated rings. The predicted molar refractivity (Wildman–Crippen MR) is 118 cm³/mol. The van der Waals surface area contributed by atoms with E-state index in [9.17, 15) is 0 Å². The maximum absolute atomic E-state index is 6.08. The summed E-state index contributed by atoms with van der Waals surface area (Å²) >= 11 is 1.52. The van der Waals surface area contributed by atoms with Gasteiger partial charge >= 0.3 is 0 Å². The number of fused-ring (bicyclic) bond motifs is 2. The molecule has 3 aromatic heterocycles. The first-order valence-electron chi connectivity index (χ1n) is 10.3. The maximum atomic E-state index is 6.08. The molecule has 1 aromatic carbocycles. The lowest BCUT2D eigenvalue weighted by Gasteiger charge is -2.27. The van der Waals surface area contributed by atoms with Crippen molar-refractivity contribution in [3.05, 3.63) is 64.9 Å². The number of imidazole rings is 1. The molecule has 154 valence electrons. The highest BCUT2D eigenvalue weighted by atomic mass is 32.2. The molecule has 0 unspecified atom stereocenters. The second kappa shape index (κ2) is 7.89. The molecule has 0 radical (unpaired) electrons. The molecule has 0 aliphatic carbocycles. The van der Waals surface area contributed by atoms with Crippen LogP contribution >= 0.6 is 11.8 Å². The van der Waals surface area contributed by atoms with Crippen molar-refractivity contribution in [2.45, 2.75) is 56.4 Å². The van der Waals surface area contributed by atoms with Crippen LogP contribution in [0.15, 0.2) is 51.2 Å². The first kappa shape index (κ1) is 19.3. The van der Waals surface area contributed by atoms with E-state index in [0.717, 1.165) is 58.9 Å². The van der Waals surface area contributed by atoms with Crippen LogP contribution in [0.4, 0.5) is 0 Å². The number of aromatic amines is 1. The Kier molecular flexibility index (Phi) is 5.08. The van der Waals surface area contributed by atoms with Gasteiger partial charge in [-0.3, -0.25) is 4.90 Å². The molecule has 1 aliphatic rings. The lowest BCUT2D eigenvalue weighted by molar-refractivity contribution is 0.217. The number of rotatable bonds is 5. The van der Waals surface area contributed by atoms with Crippen molar-refractivity contribution in [1.29, 1.82) is 0 Å². The summed E-state index contributed by atoms with van der Waals surface area (Å²) in [4.78, 5) is 19.7. The summed E-state index contributed by atoms with van der Waals surface area (Å²) in [7, 11) is 0. The molecule has 6 nitrogen and oxygen atoms in total. The fourth-order valence-corrected chi connectivity index (χ4v) is 4.55. The minimum Gasteiger partial charge on any atom is -0.453 e. The number of hydrogen-bond donors (Lipinski definition) is 1. The van der Waals surface area contributed by atoms with Gasteiger partial charge in [0, 0.05) is 42.9 Å². The molecule has 0 amide bonds. The number of hydrogen-bond acceptors (Lipinski definition) is 6. The van der Waals surface area contributed by atoms with Crippen molar-refractivity contribution in [3.8, 4) is 0 Å². The monoisotopic (exact) mass is 419 g/mol. The molecule has 0 atom stereocenters. The molecule has 5 rings (SSSR count). The van der Waals surface area contributed by atoms with Crippen molar-refractivity contribution in [3.63, 3.8) is 0 Å². The summed E-state index contributed by atoms with van der Waals surface area (Å²) in [5.74, 6) is 2.27. The highest BCUT2D eigenvalue weighted by Gasteiger charge is 2.20. The van der Waals surface area contributed by atoms with Crippen LogP contribution in [0.2, 0.25) is 0 Å². The molecule has 1 aliphatic heterocycles. The number of H-pyrrole nitrogens is 1. The zero-order valence-electron chi connectivity index (χ0n) is 17.5. The molecular weight excluding hydrogens is 394 g/mol. The van der Waals surface area contributed by atoms with Crippen molar-refractivity contribution in [2.24, 2.45) is 0 Å². The molecule has 4 aromatic rings. The van der Waals surface area contributed by atoms with Gasteiger partial charge in [-0.15, -0.1) is 0 Å². The van der Waals surface area contributed by atoms with Crippen molar-refractivity contribution < 1.29 is 4.42 Å². The smallest absolute Gasteiger partial charge is 0.174 e. The molecule has 0 saturated heterocycles. The van der Waals surface area contributed by atoms with Gasteiger partial charge < -0.3 is 9.40 Å². The number of nitrogens with zero attached hydrogens (tertiary/aromatic N) is 4. The Labute approximate surface area is 180 Å². The van der Waals surface area contributed by atoms with Crippen molar-refractivity contribution in [1.82, 2.24) is 24.8 Å². The van der Waals surface area contributed by atoms with Crippen LogP contribution in [0, 0.1) is 6.92 Å². The third kappa shape index (κ3) is 4.00. The highest BCUT2D eigenvalue weighted by molar-refractivity contribution is 7.99. The maximum Gasteiger partial charge on any atom is 0.174 e. The first-order chi connectivity index (χ1) is 14.5. The average molecular weight is 420 g/mol. The average Bonchev–Trinajstić information content (AvgIpc) is 3.33. The highest BCUT2D eigenvalue weighted by Crippen LogP contribution is 2.30. The molecule has 4 heterocycles. The molecule has 0 spiro atoms. The lowest BCUT2D eigenvalue weighted by atomic mass is 10.1. The van der Waals surface area contributed by atoms with Gasteiger partial charge in [-0.2, -0.15) is 0 Å². The summed E-state index contributed by atoms with van der Waals surface area (Å²) in [5, 5.41) is 1.70. The Hall–Kier alpha value is -2.64. The van der Waals surface area contributed by atoms with Crippen LogP contribution in [0.25, 0.3) is 11.0 Å². The largest absolute Gasteiger partial charge is 0.453 e. The summed E-state index contributed by atoms with van der Waals surface area (Å²) in [6, 6.07) is 10.3. The lowest BCUT2D eigenvalue weighted by Crippen LogP contribution is -2.31. The van der Waals surface area contributed by atoms with Crippen LogP contribution in [-0.2, 0) is 19.5 Å². The third-order valence-electron chi connectivity index (χ3n) is 5.38. The summed E-state index contributed by atoms with van der Waals surface area (Å²) in [6.07, 6.45) is 2.95. The Bertz CT molecular complexity index is 1200. The van der Waals surface area contributed by atoms with Crippen LogP contribution < -0.4 is 0 Å². The fourth-order valence-electron chi connectivity index (χ4n) is 3.77. The number of nitrogens with one attached hydrogen (secondary N) is 1. The van der Waals surface area contributed by atoms with E-state index in [2.05, 4.69) is 58.8 Å². The molecule has 7 heteroatoms. The van der Waals surface area contributed by atoms with Crippen molar-refractivity contribution >= 4 is 22.8 Å². The molecule has 0 saturated carbocycles. The number of furan rings is 1.